The molecule has 0 unspecified atom stereocenters. The summed E-state index contributed by atoms with van der Waals surface area (Å²) in [6.07, 6.45) is 0.379. The molecular formula is C15H18N2O3. The minimum Gasteiger partial charge on any atom is -0.484 e. The van der Waals surface area contributed by atoms with Crippen LogP contribution in [-0.2, 0) is 16.0 Å². The molecule has 0 aliphatic carbocycles. The lowest BCUT2D eigenvalue weighted by Crippen LogP contribution is -2.48. The van der Waals surface area contributed by atoms with E-state index in [1.54, 1.807) is 17.0 Å². The Morgan fingerprint density at radius 2 is 2.25 bits per heavy atom. The SMILES string of the molecule is C[C@@H]1COCCN1C(=O)COc1ccc(CC#N)cc1. The number of hydrogen-bond acceptors (Lipinski definition) is 4. The summed E-state index contributed by atoms with van der Waals surface area (Å²) >= 11 is 0. The molecule has 1 amide bonds. The molecule has 1 aromatic rings. The lowest BCUT2D eigenvalue weighted by atomic mass is 10.2. The van der Waals surface area contributed by atoms with Crippen molar-refractivity contribution in [1.82, 2.24) is 4.90 Å². The van der Waals surface area contributed by atoms with Gasteiger partial charge in [-0.05, 0) is 24.6 Å². The highest BCUT2D eigenvalue weighted by Crippen LogP contribution is 2.13. The van der Waals surface area contributed by atoms with Gasteiger partial charge in [-0.1, -0.05) is 12.1 Å². The van der Waals surface area contributed by atoms with Crippen LogP contribution in [0.1, 0.15) is 12.5 Å². The molecule has 0 bridgehead atoms. The van der Waals surface area contributed by atoms with Gasteiger partial charge in [0, 0.05) is 6.54 Å². The number of rotatable bonds is 4. The number of carbonyl (C=O) groups excluding carboxylic acids is 1. The fourth-order valence-corrected chi connectivity index (χ4v) is 2.12. The second-order valence-electron chi connectivity index (χ2n) is 4.78. The Morgan fingerprint density at radius 1 is 1.50 bits per heavy atom. The average molecular weight is 274 g/mol. The largest absolute Gasteiger partial charge is 0.484 e. The third-order valence-corrected chi connectivity index (χ3v) is 3.26. The van der Waals surface area contributed by atoms with Gasteiger partial charge in [0.15, 0.2) is 6.61 Å². The van der Waals surface area contributed by atoms with Crippen LogP contribution in [0, 0.1) is 11.3 Å². The molecule has 1 heterocycles. The third-order valence-electron chi connectivity index (χ3n) is 3.26. The summed E-state index contributed by atoms with van der Waals surface area (Å²) in [5, 5.41) is 8.59. The van der Waals surface area contributed by atoms with Crippen molar-refractivity contribution in [2.45, 2.75) is 19.4 Å². The Labute approximate surface area is 118 Å². The summed E-state index contributed by atoms with van der Waals surface area (Å²) in [4.78, 5) is 13.8. The molecule has 0 saturated carbocycles. The maximum atomic E-state index is 12.1. The van der Waals surface area contributed by atoms with Crippen molar-refractivity contribution < 1.29 is 14.3 Å². The summed E-state index contributed by atoms with van der Waals surface area (Å²) in [5.41, 5.74) is 0.938. The van der Waals surface area contributed by atoms with E-state index in [2.05, 4.69) is 6.07 Å². The fourth-order valence-electron chi connectivity index (χ4n) is 2.12. The smallest absolute Gasteiger partial charge is 0.260 e. The van der Waals surface area contributed by atoms with E-state index in [1.807, 2.05) is 19.1 Å². The Morgan fingerprint density at radius 3 is 2.90 bits per heavy atom. The number of benzene rings is 1. The number of hydrogen-bond donors (Lipinski definition) is 0. The van der Waals surface area contributed by atoms with Crippen molar-refractivity contribution in [3.05, 3.63) is 29.8 Å². The van der Waals surface area contributed by atoms with Crippen molar-refractivity contribution >= 4 is 5.91 Å². The molecule has 5 nitrogen and oxygen atoms in total. The number of amides is 1. The maximum Gasteiger partial charge on any atom is 0.260 e. The zero-order valence-corrected chi connectivity index (χ0v) is 11.5. The van der Waals surface area contributed by atoms with Crippen molar-refractivity contribution in [2.24, 2.45) is 0 Å². The molecule has 1 atom stereocenters. The molecule has 1 aromatic carbocycles. The first-order chi connectivity index (χ1) is 9.70. The van der Waals surface area contributed by atoms with Crippen LogP contribution in [0.25, 0.3) is 0 Å². The minimum atomic E-state index is -0.0260. The summed E-state index contributed by atoms with van der Waals surface area (Å²) in [7, 11) is 0. The highest BCUT2D eigenvalue weighted by Gasteiger charge is 2.23. The van der Waals surface area contributed by atoms with Crippen LogP contribution in [0.4, 0.5) is 0 Å². The Hall–Kier alpha value is -2.06. The fraction of sp³-hybridized carbons (Fsp3) is 0.467. The molecule has 20 heavy (non-hydrogen) atoms. The normalized spacial score (nSPS) is 18.4. The zero-order chi connectivity index (χ0) is 14.4. The van der Waals surface area contributed by atoms with E-state index in [1.165, 1.54) is 0 Å². The first kappa shape index (κ1) is 14.4. The Kier molecular flexibility index (Phi) is 4.97. The number of nitriles is 1. The number of nitrogens with zero attached hydrogens (tertiary/aromatic N) is 2. The van der Waals surface area contributed by atoms with Gasteiger partial charge < -0.3 is 14.4 Å². The van der Waals surface area contributed by atoms with E-state index in [-0.39, 0.29) is 18.6 Å². The van der Waals surface area contributed by atoms with Crippen LogP contribution >= 0.6 is 0 Å². The van der Waals surface area contributed by atoms with Gasteiger partial charge in [0.1, 0.15) is 5.75 Å². The van der Waals surface area contributed by atoms with Crippen LogP contribution in [0.2, 0.25) is 0 Å². The first-order valence-electron chi connectivity index (χ1n) is 6.66. The molecule has 1 saturated heterocycles. The summed E-state index contributed by atoms with van der Waals surface area (Å²) in [6.45, 7) is 3.77. The summed E-state index contributed by atoms with van der Waals surface area (Å²) in [5.74, 6) is 0.614. The summed E-state index contributed by atoms with van der Waals surface area (Å²) in [6, 6.07) is 9.41. The molecule has 1 aliphatic rings. The van der Waals surface area contributed by atoms with E-state index >= 15 is 0 Å². The van der Waals surface area contributed by atoms with E-state index in [4.69, 9.17) is 14.7 Å². The Bertz CT molecular complexity index is 493. The number of ether oxygens (including phenoxy) is 2. The van der Waals surface area contributed by atoms with Gasteiger partial charge in [0.2, 0.25) is 0 Å². The van der Waals surface area contributed by atoms with E-state index < -0.39 is 0 Å². The lowest BCUT2D eigenvalue weighted by Gasteiger charge is -2.33. The number of carbonyl (C=O) groups is 1. The predicted octanol–water partition coefficient (Wildman–Crippen LogP) is 1.38. The minimum absolute atomic E-state index is 0.0260. The van der Waals surface area contributed by atoms with Gasteiger partial charge in [0.05, 0.1) is 31.7 Å². The maximum absolute atomic E-state index is 12.1. The monoisotopic (exact) mass is 274 g/mol. The Balaban J connectivity index is 1.85. The van der Waals surface area contributed by atoms with Crippen LogP contribution in [-0.4, -0.2) is 43.2 Å². The molecule has 0 aromatic heterocycles. The van der Waals surface area contributed by atoms with Crippen LogP contribution in [0.15, 0.2) is 24.3 Å². The quantitative estimate of drug-likeness (QED) is 0.832. The highest BCUT2D eigenvalue weighted by molar-refractivity contribution is 5.78. The molecule has 2 rings (SSSR count). The molecule has 0 N–H and O–H groups in total. The predicted molar refractivity (Wildman–Crippen MR) is 73.2 cm³/mol. The van der Waals surface area contributed by atoms with Gasteiger partial charge in [-0.25, -0.2) is 0 Å². The van der Waals surface area contributed by atoms with Crippen molar-refractivity contribution in [1.29, 1.82) is 5.26 Å². The molecule has 5 heteroatoms. The first-order valence-corrected chi connectivity index (χ1v) is 6.66. The van der Waals surface area contributed by atoms with Crippen LogP contribution in [0.3, 0.4) is 0 Å². The second kappa shape index (κ2) is 6.92. The van der Waals surface area contributed by atoms with Gasteiger partial charge >= 0.3 is 0 Å². The molecule has 0 radical (unpaired) electrons. The van der Waals surface area contributed by atoms with Crippen molar-refractivity contribution in [3.8, 4) is 11.8 Å². The standard InChI is InChI=1S/C15H18N2O3/c1-12-10-19-9-8-17(12)15(18)11-20-14-4-2-13(3-5-14)6-7-16/h2-5,12H,6,8-11H2,1H3/t12-/m1/s1. The van der Waals surface area contributed by atoms with E-state index in [0.29, 0.717) is 31.9 Å². The lowest BCUT2D eigenvalue weighted by molar-refractivity contribution is -0.141. The topological polar surface area (TPSA) is 62.6 Å². The molecule has 106 valence electrons. The van der Waals surface area contributed by atoms with Crippen molar-refractivity contribution in [3.63, 3.8) is 0 Å². The second-order valence-corrected chi connectivity index (χ2v) is 4.78. The highest BCUT2D eigenvalue weighted by atomic mass is 16.5. The molecular weight excluding hydrogens is 256 g/mol. The van der Waals surface area contributed by atoms with Gasteiger partial charge in [-0.2, -0.15) is 5.26 Å². The van der Waals surface area contributed by atoms with Crippen LogP contribution in [0.5, 0.6) is 5.75 Å². The third kappa shape index (κ3) is 3.72. The average Bonchev–Trinajstić information content (AvgIpc) is 2.47. The van der Waals surface area contributed by atoms with Gasteiger partial charge in [-0.3, -0.25) is 4.79 Å². The van der Waals surface area contributed by atoms with E-state index in [9.17, 15) is 4.79 Å². The zero-order valence-electron chi connectivity index (χ0n) is 11.5. The molecule has 1 aliphatic heterocycles. The summed E-state index contributed by atoms with van der Waals surface area (Å²) < 4.78 is 10.8. The molecule has 0 spiro atoms. The van der Waals surface area contributed by atoms with Gasteiger partial charge in [0.25, 0.3) is 5.91 Å². The van der Waals surface area contributed by atoms with Crippen molar-refractivity contribution in [2.75, 3.05) is 26.4 Å². The van der Waals surface area contributed by atoms with E-state index in [0.717, 1.165) is 5.56 Å². The van der Waals surface area contributed by atoms with Crippen LogP contribution < -0.4 is 4.74 Å². The molecule has 1 fully saturated rings. The van der Waals surface area contributed by atoms with Gasteiger partial charge in [-0.15, -0.1) is 0 Å². The number of morpholine rings is 1.